The summed E-state index contributed by atoms with van der Waals surface area (Å²) in [6, 6.07) is 0. The lowest BCUT2D eigenvalue weighted by Crippen LogP contribution is -2.30. The molecule has 0 radical (unpaired) electrons. The second kappa shape index (κ2) is 72.0. The summed E-state index contributed by atoms with van der Waals surface area (Å²) in [5.74, 6) is -2.30. The molecule has 0 aliphatic rings. The predicted octanol–water partition coefficient (Wildman–Crippen LogP) is 21.7. The molecule has 0 aromatic rings. The molecule has 5 unspecified atom stereocenters. The van der Waals surface area contributed by atoms with Gasteiger partial charge in [-0.05, 0) is 161 Å². The van der Waals surface area contributed by atoms with Crippen molar-refractivity contribution in [3.05, 3.63) is 158 Å². The highest BCUT2D eigenvalue weighted by Gasteiger charge is 2.30. The van der Waals surface area contributed by atoms with Gasteiger partial charge >= 0.3 is 39.5 Å². The van der Waals surface area contributed by atoms with E-state index in [1.165, 1.54) is 12.8 Å². The smallest absolute Gasteiger partial charge is 0.462 e. The molecule has 0 amide bonds. The Morgan fingerprint density at radius 3 is 0.840 bits per heavy atom. The van der Waals surface area contributed by atoms with E-state index in [1.807, 2.05) is 0 Å². The normalized spacial score (nSPS) is 14.8. The highest BCUT2D eigenvalue weighted by Crippen LogP contribution is 2.45. The van der Waals surface area contributed by atoms with Gasteiger partial charge in [-0.25, -0.2) is 9.13 Å². The highest BCUT2D eigenvalue weighted by atomic mass is 31.2. The Morgan fingerprint density at radius 1 is 0.290 bits per heavy atom. The van der Waals surface area contributed by atoms with Crippen LogP contribution in [0.5, 0.6) is 0 Å². The van der Waals surface area contributed by atoms with Gasteiger partial charge in [-0.2, -0.15) is 0 Å². The van der Waals surface area contributed by atoms with E-state index in [9.17, 15) is 43.2 Å². The first-order valence-electron chi connectivity index (χ1n) is 37.7. The van der Waals surface area contributed by atoms with Crippen LogP contribution >= 0.6 is 15.6 Å². The van der Waals surface area contributed by atoms with Crippen LogP contribution in [0.2, 0.25) is 0 Å². The number of hydrogen-bond acceptors (Lipinski definition) is 15. The number of allylic oxidation sites excluding steroid dienone is 26. The lowest BCUT2D eigenvalue weighted by atomic mass is 10.1. The molecule has 5 atom stereocenters. The number of carbonyl (C=O) groups excluding carboxylic acids is 4. The van der Waals surface area contributed by atoms with Gasteiger partial charge in [0.2, 0.25) is 0 Å². The standard InChI is InChI=1S/C81H132O17P2/c1-5-9-13-17-21-25-29-32-35-36-37-38-41-43-47-50-54-58-62-66-79(84)92-72-77(98-81(86)68-64-60-56-52-48-44-40-34-31-27-23-19-15-11-7-3)74-96-100(89,90)94-70-75(82)69-93-99(87,88)95-73-76(97-80(85)67-63-59-55-51-45-28-24-20-16-12-8-4)71-91-78(83)65-61-57-53-49-46-42-39-33-30-26-22-18-14-10-6-2/h9-11,13-15,20-27,32-35,37-40,43,46-47,49,75-77,82H,5-8,12,16-19,28-31,36,41-42,44-45,48,50-74H2,1-4H3,(H,87,88)(H,89,90)/b13-9-,14-10-,15-11-,24-20-,25-21-,26-22-,27-23-,35-32-,38-37-,39-33-,40-34-,47-43-,49-46-. The Labute approximate surface area is 604 Å². The maximum atomic E-state index is 13.1. The minimum absolute atomic E-state index is 0.0613. The van der Waals surface area contributed by atoms with E-state index in [-0.39, 0.29) is 25.7 Å². The molecular weight excluding hydrogens is 1310 g/mol. The minimum Gasteiger partial charge on any atom is -0.462 e. The lowest BCUT2D eigenvalue weighted by molar-refractivity contribution is -0.161. The van der Waals surface area contributed by atoms with E-state index in [4.69, 9.17) is 37.0 Å². The van der Waals surface area contributed by atoms with Crippen molar-refractivity contribution < 1.29 is 80.2 Å². The van der Waals surface area contributed by atoms with E-state index in [0.717, 1.165) is 180 Å². The van der Waals surface area contributed by atoms with Gasteiger partial charge in [-0.3, -0.25) is 37.3 Å². The minimum atomic E-state index is -5.00. The summed E-state index contributed by atoms with van der Waals surface area (Å²) in [6.45, 7) is 4.35. The van der Waals surface area contributed by atoms with Crippen LogP contribution in [0.1, 0.15) is 272 Å². The third-order valence-corrected chi connectivity index (χ3v) is 16.9. The van der Waals surface area contributed by atoms with Gasteiger partial charge in [0.25, 0.3) is 0 Å². The van der Waals surface area contributed by atoms with Crippen molar-refractivity contribution in [2.24, 2.45) is 0 Å². The maximum absolute atomic E-state index is 13.1. The number of esters is 4. The van der Waals surface area contributed by atoms with Crippen LogP contribution in [-0.4, -0.2) is 96.7 Å². The quantitative estimate of drug-likeness (QED) is 0.0169. The molecule has 19 heteroatoms. The third kappa shape index (κ3) is 71.1. The molecule has 0 saturated heterocycles. The number of aliphatic hydroxyl groups excluding tert-OH is 1. The molecule has 0 aliphatic carbocycles. The third-order valence-electron chi connectivity index (χ3n) is 15.0. The summed E-state index contributed by atoms with van der Waals surface area (Å²) in [4.78, 5) is 72.8. The predicted molar refractivity (Wildman–Crippen MR) is 408 cm³/mol. The molecule has 0 bridgehead atoms. The average molecular weight is 1440 g/mol. The maximum Gasteiger partial charge on any atom is 0.472 e. The number of carbonyl (C=O) groups is 4. The Kier molecular flexibility index (Phi) is 68.2. The molecule has 0 saturated carbocycles. The van der Waals surface area contributed by atoms with Crippen molar-refractivity contribution in [3.8, 4) is 0 Å². The van der Waals surface area contributed by atoms with Crippen molar-refractivity contribution >= 4 is 39.5 Å². The molecule has 17 nitrogen and oxygen atoms in total. The summed E-state index contributed by atoms with van der Waals surface area (Å²) in [5, 5.41) is 10.6. The van der Waals surface area contributed by atoms with E-state index in [1.54, 1.807) is 0 Å². The molecule has 3 N–H and O–H groups in total. The van der Waals surface area contributed by atoms with Gasteiger partial charge in [-0.15, -0.1) is 0 Å². The number of phosphoric ester groups is 2. The zero-order valence-corrected chi connectivity index (χ0v) is 63.6. The first-order valence-corrected chi connectivity index (χ1v) is 40.7. The summed E-state index contributed by atoms with van der Waals surface area (Å²) >= 11 is 0. The molecule has 100 heavy (non-hydrogen) atoms. The Hall–Kier alpha value is -5.32. The van der Waals surface area contributed by atoms with Crippen LogP contribution in [0.3, 0.4) is 0 Å². The summed E-state index contributed by atoms with van der Waals surface area (Å²) in [6.07, 6.45) is 82.5. The van der Waals surface area contributed by atoms with Gasteiger partial charge < -0.3 is 33.8 Å². The number of phosphoric acid groups is 2. The first-order chi connectivity index (χ1) is 48.7. The van der Waals surface area contributed by atoms with E-state index < -0.39 is 97.5 Å². The number of rotatable bonds is 69. The van der Waals surface area contributed by atoms with Crippen LogP contribution in [0, 0.1) is 0 Å². The number of unbranched alkanes of at least 4 members (excludes halogenated alkanes) is 17. The molecule has 0 rings (SSSR count). The second-order valence-electron chi connectivity index (χ2n) is 24.4. The average Bonchev–Trinajstić information content (AvgIpc) is 0.985. The number of ether oxygens (including phenoxy) is 4. The van der Waals surface area contributed by atoms with Crippen LogP contribution in [0.15, 0.2) is 158 Å². The monoisotopic (exact) mass is 1440 g/mol. The van der Waals surface area contributed by atoms with Gasteiger partial charge in [0, 0.05) is 25.7 Å². The molecule has 0 aliphatic heterocycles. The fourth-order valence-corrected chi connectivity index (χ4v) is 10.9. The summed E-state index contributed by atoms with van der Waals surface area (Å²) < 4.78 is 68.3. The van der Waals surface area contributed by atoms with Crippen molar-refractivity contribution in [2.75, 3.05) is 39.6 Å². The molecule has 0 fully saturated rings. The van der Waals surface area contributed by atoms with Gasteiger partial charge in [0.05, 0.1) is 26.4 Å². The zero-order valence-electron chi connectivity index (χ0n) is 61.8. The van der Waals surface area contributed by atoms with E-state index in [2.05, 4.69) is 186 Å². The highest BCUT2D eigenvalue weighted by molar-refractivity contribution is 7.47. The Morgan fingerprint density at radius 2 is 0.520 bits per heavy atom. The number of aliphatic hydroxyl groups is 1. The fraction of sp³-hybridized carbons (Fsp3) is 0.630. The Bertz CT molecular complexity index is 2520. The van der Waals surface area contributed by atoms with E-state index >= 15 is 0 Å². The van der Waals surface area contributed by atoms with Crippen LogP contribution in [0.25, 0.3) is 0 Å². The zero-order chi connectivity index (χ0) is 73.2. The molecule has 568 valence electrons. The first kappa shape index (κ1) is 94.7. The fourth-order valence-electron chi connectivity index (χ4n) is 9.29. The van der Waals surface area contributed by atoms with Gasteiger partial charge in [0.1, 0.15) is 19.3 Å². The largest absolute Gasteiger partial charge is 0.472 e. The van der Waals surface area contributed by atoms with Gasteiger partial charge in [-0.1, -0.05) is 243 Å². The van der Waals surface area contributed by atoms with Crippen molar-refractivity contribution in [1.29, 1.82) is 0 Å². The van der Waals surface area contributed by atoms with E-state index in [0.29, 0.717) is 25.7 Å². The van der Waals surface area contributed by atoms with Crippen molar-refractivity contribution in [3.63, 3.8) is 0 Å². The van der Waals surface area contributed by atoms with Gasteiger partial charge in [0.15, 0.2) is 12.2 Å². The van der Waals surface area contributed by atoms with Crippen molar-refractivity contribution in [2.45, 2.75) is 290 Å². The SMILES string of the molecule is CC/C=C\C/C=C\C/C=C\C/C=C\C/C=C\CCCCCC(=O)OCC(COP(=O)(O)OCC(O)COP(=O)(O)OCC(COC(=O)CCCC/C=C\C/C=C\C/C=C\C/C=C\CC)OC(=O)CCCCCCC/C=C\CCCC)OC(=O)CCCCCCC/C=C\C/C=C\C/C=C\CC. The van der Waals surface area contributed by atoms with Crippen molar-refractivity contribution in [1.82, 2.24) is 0 Å². The molecular formula is C81H132O17P2. The lowest BCUT2D eigenvalue weighted by Gasteiger charge is -2.21. The van der Waals surface area contributed by atoms with Crippen LogP contribution in [-0.2, 0) is 65.4 Å². The Balaban J connectivity index is 5.42. The molecule has 0 aromatic heterocycles. The van der Waals surface area contributed by atoms with Crippen LogP contribution < -0.4 is 0 Å². The summed E-state index contributed by atoms with van der Waals surface area (Å²) in [5.41, 5.74) is 0. The van der Waals surface area contributed by atoms with Crippen LogP contribution in [0.4, 0.5) is 0 Å². The molecule has 0 spiro atoms. The molecule has 0 aromatic carbocycles. The summed E-state index contributed by atoms with van der Waals surface area (Å²) in [7, 11) is -9.99. The molecule has 0 heterocycles. The number of hydrogen-bond donors (Lipinski definition) is 3. The second-order valence-corrected chi connectivity index (χ2v) is 27.3. The topological polar surface area (TPSA) is 237 Å².